The standard InChI is InChI=1S/C23H27ClN2O4/c1-23(2,3)18-13-26(22(28)29)10-9-14-11-16(6-7-17(14)18)30-20-8-5-15(12-19(20)24)21(27)25-4/h5-8,11-12,18H,9-10,13H2,1-4H3,(H,25,27)(H,28,29). The van der Waals surface area contributed by atoms with Crippen LogP contribution in [0.3, 0.4) is 0 Å². The Morgan fingerprint density at radius 3 is 2.53 bits per heavy atom. The van der Waals surface area contributed by atoms with E-state index in [-0.39, 0.29) is 17.2 Å². The van der Waals surface area contributed by atoms with E-state index in [1.54, 1.807) is 25.2 Å². The number of hydrogen-bond donors (Lipinski definition) is 2. The summed E-state index contributed by atoms with van der Waals surface area (Å²) in [6, 6.07) is 10.8. The lowest BCUT2D eigenvalue weighted by atomic mass is 9.75. The summed E-state index contributed by atoms with van der Waals surface area (Å²) in [7, 11) is 1.56. The molecule has 0 saturated heterocycles. The molecule has 6 nitrogen and oxygen atoms in total. The molecule has 1 unspecified atom stereocenters. The highest BCUT2D eigenvalue weighted by Crippen LogP contribution is 2.41. The van der Waals surface area contributed by atoms with Gasteiger partial charge in [-0.25, -0.2) is 4.79 Å². The smallest absolute Gasteiger partial charge is 0.407 e. The zero-order valence-corrected chi connectivity index (χ0v) is 18.4. The second-order valence-electron chi connectivity index (χ2n) is 8.58. The van der Waals surface area contributed by atoms with Crippen molar-refractivity contribution in [3.63, 3.8) is 0 Å². The summed E-state index contributed by atoms with van der Waals surface area (Å²) >= 11 is 6.31. The van der Waals surface area contributed by atoms with Crippen molar-refractivity contribution in [2.24, 2.45) is 5.41 Å². The number of nitrogens with zero attached hydrogens (tertiary/aromatic N) is 1. The molecule has 7 heteroatoms. The third-order valence-corrected chi connectivity index (χ3v) is 5.80. The van der Waals surface area contributed by atoms with Gasteiger partial charge in [-0.1, -0.05) is 38.4 Å². The van der Waals surface area contributed by atoms with E-state index in [4.69, 9.17) is 16.3 Å². The molecule has 0 saturated carbocycles. The van der Waals surface area contributed by atoms with Gasteiger partial charge in [0.05, 0.1) is 5.02 Å². The minimum Gasteiger partial charge on any atom is -0.465 e. The average Bonchev–Trinajstić information content (AvgIpc) is 2.88. The van der Waals surface area contributed by atoms with Crippen LogP contribution in [0, 0.1) is 5.41 Å². The number of carboxylic acid groups (broad SMARTS) is 1. The molecular weight excluding hydrogens is 404 g/mol. The number of amides is 2. The van der Waals surface area contributed by atoms with Crippen LogP contribution in [0.25, 0.3) is 0 Å². The van der Waals surface area contributed by atoms with Crippen molar-refractivity contribution in [1.82, 2.24) is 10.2 Å². The maximum Gasteiger partial charge on any atom is 0.407 e. The minimum absolute atomic E-state index is 0.0792. The SMILES string of the molecule is CNC(=O)c1ccc(Oc2ccc3c(c2)CCN(C(=O)O)CC3C(C)(C)C)c(Cl)c1. The first-order chi connectivity index (χ1) is 14.1. The number of nitrogens with one attached hydrogen (secondary N) is 1. The summed E-state index contributed by atoms with van der Waals surface area (Å²) in [6.45, 7) is 7.31. The van der Waals surface area contributed by atoms with Crippen LogP contribution >= 0.6 is 11.6 Å². The normalized spacial score (nSPS) is 16.4. The maximum absolute atomic E-state index is 11.8. The van der Waals surface area contributed by atoms with Crippen LogP contribution in [0.5, 0.6) is 11.5 Å². The minimum atomic E-state index is -0.892. The van der Waals surface area contributed by atoms with Crippen LogP contribution in [0.15, 0.2) is 36.4 Å². The Morgan fingerprint density at radius 2 is 1.93 bits per heavy atom. The third kappa shape index (κ3) is 4.70. The highest BCUT2D eigenvalue weighted by molar-refractivity contribution is 6.32. The van der Waals surface area contributed by atoms with Crippen LogP contribution < -0.4 is 10.1 Å². The lowest BCUT2D eigenvalue weighted by Crippen LogP contribution is -2.36. The van der Waals surface area contributed by atoms with Gasteiger partial charge >= 0.3 is 6.09 Å². The van der Waals surface area contributed by atoms with Gasteiger partial charge in [-0.15, -0.1) is 0 Å². The molecule has 0 radical (unpaired) electrons. The van der Waals surface area contributed by atoms with E-state index < -0.39 is 6.09 Å². The van der Waals surface area contributed by atoms with Crippen molar-refractivity contribution >= 4 is 23.6 Å². The molecular formula is C23H27ClN2O4. The quantitative estimate of drug-likeness (QED) is 0.705. The first kappa shape index (κ1) is 22.0. The van der Waals surface area contributed by atoms with E-state index >= 15 is 0 Å². The number of hydrogen-bond acceptors (Lipinski definition) is 3. The number of halogens is 1. The van der Waals surface area contributed by atoms with Crippen LogP contribution in [-0.2, 0) is 6.42 Å². The van der Waals surface area contributed by atoms with Crippen molar-refractivity contribution in [2.75, 3.05) is 20.1 Å². The van der Waals surface area contributed by atoms with Crippen molar-refractivity contribution in [3.05, 3.63) is 58.1 Å². The maximum atomic E-state index is 11.8. The topological polar surface area (TPSA) is 78.9 Å². The van der Waals surface area contributed by atoms with Crippen molar-refractivity contribution in [2.45, 2.75) is 33.1 Å². The van der Waals surface area contributed by atoms with E-state index in [1.165, 1.54) is 4.90 Å². The predicted octanol–water partition coefficient (Wildman–Crippen LogP) is 5.16. The molecule has 0 aliphatic carbocycles. The van der Waals surface area contributed by atoms with E-state index in [9.17, 15) is 14.7 Å². The number of rotatable bonds is 3. The summed E-state index contributed by atoms with van der Waals surface area (Å²) in [5.74, 6) is 0.942. The molecule has 1 aliphatic heterocycles. The zero-order chi connectivity index (χ0) is 22.1. The number of benzene rings is 2. The van der Waals surface area contributed by atoms with E-state index in [1.807, 2.05) is 18.2 Å². The van der Waals surface area contributed by atoms with Gasteiger partial charge in [-0.2, -0.15) is 0 Å². The van der Waals surface area contributed by atoms with Crippen LogP contribution in [-0.4, -0.2) is 42.1 Å². The fraction of sp³-hybridized carbons (Fsp3) is 0.391. The lowest BCUT2D eigenvalue weighted by molar-refractivity contribution is 0.0963. The molecule has 1 atom stereocenters. The van der Waals surface area contributed by atoms with Gasteiger partial charge in [0, 0.05) is 31.6 Å². The Labute approximate surface area is 181 Å². The van der Waals surface area contributed by atoms with Gasteiger partial charge in [-0.3, -0.25) is 4.79 Å². The molecule has 0 aromatic heterocycles. The van der Waals surface area contributed by atoms with Crippen molar-refractivity contribution in [3.8, 4) is 11.5 Å². The highest BCUT2D eigenvalue weighted by atomic mass is 35.5. The fourth-order valence-electron chi connectivity index (χ4n) is 3.78. The molecule has 0 bridgehead atoms. The van der Waals surface area contributed by atoms with Gasteiger partial charge in [-0.05, 0) is 53.3 Å². The van der Waals surface area contributed by atoms with Gasteiger partial charge < -0.3 is 20.1 Å². The molecule has 1 heterocycles. The summed E-state index contributed by atoms with van der Waals surface area (Å²) in [5, 5.41) is 12.4. The van der Waals surface area contributed by atoms with Crippen molar-refractivity contribution < 1.29 is 19.4 Å². The Hall–Kier alpha value is -2.73. The Bertz CT molecular complexity index is 968. The Kier molecular flexibility index (Phi) is 6.27. The summed E-state index contributed by atoms with van der Waals surface area (Å²) < 4.78 is 5.99. The second kappa shape index (κ2) is 8.56. The summed E-state index contributed by atoms with van der Waals surface area (Å²) in [5.41, 5.74) is 2.60. The molecule has 0 fully saturated rings. The highest BCUT2D eigenvalue weighted by Gasteiger charge is 2.33. The average molecular weight is 431 g/mol. The van der Waals surface area contributed by atoms with Gasteiger partial charge in [0.2, 0.25) is 0 Å². The van der Waals surface area contributed by atoms with Crippen LogP contribution in [0.1, 0.15) is 48.2 Å². The monoisotopic (exact) mass is 430 g/mol. The van der Waals surface area contributed by atoms with E-state index in [0.29, 0.717) is 41.6 Å². The first-order valence-electron chi connectivity index (χ1n) is 9.90. The number of carbonyl (C=O) groups is 2. The number of carbonyl (C=O) groups excluding carboxylic acids is 1. The molecule has 3 rings (SSSR count). The first-order valence-corrected chi connectivity index (χ1v) is 10.3. The Balaban J connectivity index is 1.91. The molecule has 160 valence electrons. The molecule has 1 aliphatic rings. The van der Waals surface area contributed by atoms with Crippen LogP contribution in [0.2, 0.25) is 5.02 Å². The van der Waals surface area contributed by atoms with E-state index in [0.717, 1.165) is 11.1 Å². The molecule has 2 amide bonds. The molecule has 30 heavy (non-hydrogen) atoms. The molecule has 2 aromatic rings. The zero-order valence-electron chi connectivity index (χ0n) is 17.7. The van der Waals surface area contributed by atoms with Gasteiger partial charge in [0.1, 0.15) is 11.5 Å². The van der Waals surface area contributed by atoms with E-state index in [2.05, 4.69) is 26.1 Å². The molecule has 2 N–H and O–H groups in total. The number of fused-ring (bicyclic) bond motifs is 1. The third-order valence-electron chi connectivity index (χ3n) is 5.51. The second-order valence-corrected chi connectivity index (χ2v) is 8.99. The van der Waals surface area contributed by atoms with Crippen molar-refractivity contribution in [1.29, 1.82) is 0 Å². The fourth-order valence-corrected chi connectivity index (χ4v) is 4.00. The lowest BCUT2D eigenvalue weighted by Gasteiger charge is -2.33. The summed E-state index contributed by atoms with van der Waals surface area (Å²) in [6.07, 6.45) is -0.272. The van der Waals surface area contributed by atoms with Gasteiger partial charge in [0.15, 0.2) is 0 Å². The summed E-state index contributed by atoms with van der Waals surface area (Å²) in [4.78, 5) is 24.9. The molecule has 2 aromatic carbocycles. The number of ether oxygens (including phenoxy) is 1. The Morgan fingerprint density at radius 1 is 1.20 bits per heavy atom. The predicted molar refractivity (Wildman–Crippen MR) is 117 cm³/mol. The van der Waals surface area contributed by atoms with Crippen LogP contribution in [0.4, 0.5) is 4.79 Å². The molecule has 0 spiro atoms. The largest absolute Gasteiger partial charge is 0.465 e. The van der Waals surface area contributed by atoms with Gasteiger partial charge in [0.25, 0.3) is 5.91 Å².